The molecule has 0 aromatic heterocycles. The van der Waals surface area contributed by atoms with Crippen LogP contribution in [0.4, 0.5) is 13.2 Å². The molecule has 3 rings (SSSR count). The number of hydrogen-bond acceptors (Lipinski definition) is 3. The molecule has 0 aliphatic carbocycles. The van der Waals surface area contributed by atoms with Crippen molar-refractivity contribution >= 4 is 0 Å². The Morgan fingerprint density at radius 1 is 0.476 bits per heavy atom. The topological polar surface area (TPSA) is 9.72 Å². The fourth-order valence-electron chi connectivity index (χ4n) is 7.67. The third kappa shape index (κ3) is 12.6. The lowest BCUT2D eigenvalue weighted by molar-refractivity contribution is -0.212. The van der Waals surface area contributed by atoms with Crippen molar-refractivity contribution in [3.63, 3.8) is 0 Å². The van der Waals surface area contributed by atoms with Crippen LogP contribution in [-0.2, 0) is 0 Å². The van der Waals surface area contributed by atoms with Crippen molar-refractivity contribution < 1.29 is 13.2 Å². The largest absolute Gasteiger partial charge is 0.404 e. The Morgan fingerprint density at radius 3 is 1.07 bits per heavy atom. The summed E-state index contributed by atoms with van der Waals surface area (Å²) in [5.74, 6) is 2.00. The van der Waals surface area contributed by atoms with Crippen molar-refractivity contribution in [3.8, 4) is 0 Å². The Bertz CT molecular complexity index is 745. The second kappa shape index (κ2) is 14.8. The molecule has 0 saturated carbocycles. The molecule has 252 valence electrons. The molecule has 3 nitrogen and oxygen atoms in total. The van der Waals surface area contributed by atoms with Gasteiger partial charge in [0.25, 0.3) is 0 Å². The van der Waals surface area contributed by atoms with E-state index in [4.69, 9.17) is 0 Å². The van der Waals surface area contributed by atoms with Gasteiger partial charge in [0.05, 0.1) is 0 Å². The molecule has 0 radical (unpaired) electrons. The Balaban J connectivity index is 0.000000325. The van der Waals surface area contributed by atoms with E-state index >= 15 is 0 Å². The lowest BCUT2D eigenvalue weighted by atomic mass is 9.72. The van der Waals surface area contributed by atoms with Gasteiger partial charge in [0.1, 0.15) is 6.04 Å². The first-order valence-electron chi connectivity index (χ1n) is 17.0. The van der Waals surface area contributed by atoms with Crippen molar-refractivity contribution in [1.82, 2.24) is 14.7 Å². The molecule has 3 fully saturated rings. The number of likely N-dealkylation sites (tertiary alicyclic amines) is 3. The third-order valence-corrected chi connectivity index (χ3v) is 10.1. The minimum Gasteiger partial charge on any atom is -0.296 e. The van der Waals surface area contributed by atoms with Gasteiger partial charge in [0, 0.05) is 28.7 Å². The summed E-state index contributed by atoms with van der Waals surface area (Å²) >= 11 is 0. The van der Waals surface area contributed by atoms with E-state index < -0.39 is 17.8 Å². The van der Waals surface area contributed by atoms with E-state index in [-0.39, 0.29) is 17.8 Å². The predicted octanol–water partition coefficient (Wildman–Crippen LogP) is 10.3. The first-order chi connectivity index (χ1) is 18.7. The van der Waals surface area contributed by atoms with Crippen LogP contribution in [0.15, 0.2) is 0 Å². The molecular formula is C36H72F3N3. The number of hydrogen-bond donors (Lipinski definition) is 0. The number of halogens is 3. The number of rotatable bonds is 0. The molecule has 42 heavy (non-hydrogen) atoms. The van der Waals surface area contributed by atoms with Gasteiger partial charge in [-0.3, -0.25) is 14.7 Å². The minimum absolute atomic E-state index is 0.0481. The zero-order valence-electron chi connectivity index (χ0n) is 30.8. The lowest BCUT2D eigenvalue weighted by Gasteiger charge is -2.49. The first kappa shape index (κ1) is 39.7. The van der Waals surface area contributed by atoms with Crippen LogP contribution in [0, 0.1) is 23.2 Å². The minimum atomic E-state index is -4.13. The van der Waals surface area contributed by atoms with E-state index in [9.17, 15) is 13.2 Å². The van der Waals surface area contributed by atoms with Crippen LogP contribution < -0.4 is 0 Å². The molecule has 3 heterocycles. The van der Waals surface area contributed by atoms with Gasteiger partial charge in [0.2, 0.25) is 0 Å². The van der Waals surface area contributed by atoms with Crippen LogP contribution in [0.2, 0.25) is 0 Å². The summed E-state index contributed by atoms with van der Waals surface area (Å²) in [7, 11) is 0. The van der Waals surface area contributed by atoms with Gasteiger partial charge in [-0.2, -0.15) is 13.2 Å². The van der Waals surface area contributed by atoms with Crippen LogP contribution in [0.3, 0.4) is 0 Å². The number of alkyl halides is 3. The maximum atomic E-state index is 13.2. The third-order valence-electron chi connectivity index (χ3n) is 10.1. The highest BCUT2D eigenvalue weighted by Gasteiger charge is 2.51. The summed E-state index contributed by atoms with van der Waals surface area (Å²) in [5.41, 5.74) is 0.246. The van der Waals surface area contributed by atoms with Crippen molar-refractivity contribution in [2.45, 2.75) is 190 Å². The number of piperidine rings is 3. The SMILES string of the molecule is CC(C)(C)C1CCN(C(C)(C)C)C(C(F)(F)F)C1.C[C@@H]1CCN(C(C)(C)C)[C@H](C)C1.C[C@H]1CCN(C(C)(C)C)[C@@H](C)C1. The fraction of sp³-hybridized carbons (Fsp3) is 1.00. The molecule has 3 saturated heterocycles. The smallest absolute Gasteiger partial charge is 0.296 e. The standard InChI is InChI=1S/C14H26F3N.2C11H23N/c1-12(2,3)10-7-8-18(13(4,5)6)11(9-10)14(15,16)17;2*1-9-6-7-12(10(2)8-9)11(3,4)5/h10-11H,7-9H2,1-6H3;2*9-10H,6-8H2,1-5H3/t;2*9-,10-/m.10/s1. The predicted molar refractivity (Wildman–Crippen MR) is 177 cm³/mol. The van der Waals surface area contributed by atoms with Crippen molar-refractivity contribution in [2.75, 3.05) is 19.6 Å². The molecule has 6 heteroatoms. The summed E-state index contributed by atoms with van der Waals surface area (Å²) < 4.78 is 39.7. The molecule has 3 aliphatic rings. The summed E-state index contributed by atoms with van der Waals surface area (Å²) in [6.07, 6.45) is 2.45. The van der Waals surface area contributed by atoms with Crippen molar-refractivity contribution in [2.24, 2.45) is 23.2 Å². The molecule has 0 aromatic rings. The Morgan fingerprint density at radius 2 is 0.810 bits per heavy atom. The molecule has 0 spiro atoms. The Kier molecular flexibility index (Phi) is 14.0. The summed E-state index contributed by atoms with van der Waals surface area (Å²) in [4.78, 5) is 6.88. The second-order valence-electron chi connectivity index (χ2n) is 18.2. The zero-order chi connectivity index (χ0) is 33.1. The molecule has 0 N–H and O–H groups in total. The highest BCUT2D eigenvalue weighted by atomic mass is 19.4. The molecular weight excluding hydrogens is 531 g/mol. The Hall–Kier alpha value is -0.330. The Labute approximate surface area is 260 Å². The molecule has 0 amide bonds. The van der Waals surface area contributed by atoms with Gasteiger partial charge in [-0.1, -0.05) is 34.6 Å². The highest BCUT2D eigenvalue weighted by Crippen LogP contribution is 2.43. The highest BCUT2D eigenvalue weighted by molar-refractivity contribution is 4.95. The van der Waals surface area contributed by atoms with E-state index in [0.717, 1.165) is 30.3 Å². The quantitative estimate of drug-likeness (QED) is 0.273. The average molecular weight is 604 g/mol. The van der Waals surface area contributed by atoms with Gasteiger partial charge in [-0.15, -0.1) is 0 Å². The van der Waals surface area contributed by atoms with E-state index in [1.807, 2.05) is 41.5 Å². The van der Waals surface area contributed by atoms with E-state index in [0.29, 0.717) is 17.6 Å². The van der Waals surface area contributed by atoms with Gasteiger partial charge < -0.3 is 0 Å². The first-order valence-corrected chi connectivity index (χ1v) is 17.0. The normalized spacial score (nSPS) is 31.5. The zero-order valence-corrected chi connectivity index (χ0v) is 30.8. The van der Waals surface area contributed by atoms with Crippen molar-refractivity contribution in [1.29, 1.82) is 0 Å². The van der Waals surface area contributed by atoms with Crippen LogP contribution in [0.1, 0.15) is 149 Å². The summed E-state index contributed by atoms with van der Waals surface area (Å²) in [6, 6.07) is 0.248. The monoisotopic (exact) mass is 604 g/mol. The number of nitrogens with zero attached hydrogens (tertiary/aromatic N) is 3. The fourth-order valence-corrected chi connectivity index (χ4v) is 7.67. The molecule has 0 bridgehead atoms. The van der Waals surface area contributed by atoms with Gasteiger partial charge in [-0.05, 0) is 157 Å². The molecule has 2 unspecified atom stereocenters. The lowest BCUT2D eigenvalue weighted by Crippen LogP contribution is -2.58. The average Bonchev–Trinajstić information content (AvgIpc) is 2.76. The van der Waals surface area contributed by atoms with Gasteiger partial charge >= 0.3 is 6.18 Å². The van der Waals surface area contributed by atoms with Crippen LogP contribution in [-0.4, -0.2) is 75.3 Å². The van der Waals surface area contributed by atoms with Crippen LogP contribution >= 0.6 is 0 Å². The summed E-state index contributed by atoms with van der Waals surface area (Å²) in [5, 5.41) is 0. The van der Waals surface area contributed by atoms with Gasteiger partial charge in [0.15, 0.2) is 0 Å². The van der Waals surface area contributed by atoms with Crippen LogP contribution in [0.5, 0.6) is 0 Å². The van der Waals surface area contributed by atoms with Crippen molar-refractivity contribution in [3.05, 3.63) is 0 Å². The van der Waals surface area contributed by atoms with E-state index in [2.05, 4.69) is 79.0 Å². The second-order valence-corrected chi connectivity index (χ2v) is 18.2. The van der Waals surface area contributed by atoms with Crippen LogP contribution in [0.25, 0.3) is 0 Å². The molecule has 0 aromatic carbocycles. The maximum absolute atomic E-state index is 13.2. The maximum Gasteiger partial charge on any atom is 0.404 e. The molecule has 3 aliphatic heterocycles. The molecule has 6 atom stereocenters. The van der Waals surface area contributed by atoms with Gasteiger partial charge in [-0.25, -0.2) is 0 Å². The van der Waals surface area contributed by atoms with E-state index in [1.165, 1.54) is 38.8 Å². The van der Waals surface area contributed by atoms with E-state index in [1.54, 1.807) is 4.90 Å². The summed E-state index contributed by atoms with van der Waals surface area (Å²) in [6.45, 7) is 38.2.